The van der Waals surface area contributed by atoms with Crippen LogP contribution in [0.5, 0.6) is 5.75 Å². The minimum Gasteiger partial charge on any atom is -0.493 e. The van der Waals surface area contributed by atoms with Crippen LogP contribution in [-0.4, -0.2) is 25.5 Å². The topological polar surface area (TPSA) is 58.6 Å². The summed E-state index contributed by atoms with van der Waals surface area (Å²) in [5, 5.41) is 2.62. The fourth-order valence-electron chi connectivity index (χ4n) is 2.06. The Morgan fingerprint density at radius 1 is 1.17 bits per heavy atom. The van der Waals surface area contributed by atoms with Crippen molar-refractivity contribution in [2.24, 2.45) is 0 Å². The lowest BCUT2D eigenvalue weighted by Crippen LogP contribution is -2.25. The quantitative estimate of drug-likeness (QED) is 0.885. The molecule has 0 aliphatic heterocycles. The van der Waals surface area contributed by atoms with Gasteiger partial charge in [-0.1, -0.05) is 18.2 Å². The zero-order valence-corrected chi connectivity index (χ0v) is 13.6. The van der Waals surface area contributed by atoms with Crippen molar-refractivity contribution >= 4 is 23.2 Å². The Morgan fingerprint density at radius 2 is 1.88 bits per heavy atom. The Morgan fingerprint density at radius 3 is 2.54 bits per heavy atom. The van der Waals surface area contributed by atoms with Gasteiger partial charge >= 0.3 is 0 Å². The highest BCUT2D eigenvalue weighted by Crippen LogP contribution is 2.26. The van der Waals surface area contributed by atoms with Gasteiger partial charge in [-0.25, -0.2) is 4.39 Å². The van der Waals surface area contributed by atoms with E-state index < -0.39 is 5.82 Å². The maximum atomic E-state index is 13.5. The van der Waals surface area contributed by atoms with E-state index in [-0.39, 0.29) is 30.5 Å². The van der Waals surface area contributed by atoms with Gasteiger partial charge in [0.1, 0.15) is 11.6 Å². The first kappa shape index (κ1) is 17.5. The lowest BCUT2D eigenvalue weighted by molar-refractivity contribution is -0.117. The molecule has 0 radical (unpaired) electrons. The first-order chi connectivity index (χ1) is 11.5. The van der Waals surface area contributed by atoms with Gasteiger partial charge < -0.3 is 15.0 Å². The number of halogens is 1. The lowest BCUT2D eigenvalue weighted by Gasteiger charge is -2.19. The molecule has 126 valence electrons. The van der Waals surface area contributed by atoms with Gasteiger partial charge in [0.05, 0.1) is 24.4 Å². The molecule has 0 aliphatic rings. The summed E-state index contributed by atoms with van der Waals surface area (Å²) in [4.78, 5) is 24.9. The van der Waals surface area contributed by atoms with Crippen LogP contribution in [0.3, 0.4) is 0 Å². The zero-order valence-electron chi connectivity index (χ0n) is 13.6. The molecule has 24 heavy (non-hydrogen) atoms. The Labute approximate surface area is 140 Å². The summed E-state index contributed by atoms with van der Waals surface area (Å²) in [6.45, 7) is 1.59. The average molecular weight is 330 g/mol. The largest absolute Gasteiger partial charge is 0.493 e. The van der Waals surface area contributed by atoms with Gasteiger partial charge in [-0.2, -0.15) is 0 Å². The number of hydrogen-bond donors (Lipinski definition) is 1. The van der Waals surface area contributed by atoms with E-state index in [0.29, 0.717) is 11.4 Å². The van der Waals surface area contributed by atoms with Crippen LogP contribution in [0, 0.1) is 5.82 Å². The molecule has 0 saturated heterocycles. The van der Waals surface area contributed by atoms with Crippen LogP contribution in [0.1, 0.15) is 13.3 Å². The van der Waals surface area contributed by atoms with Crippen LogP contribution in [0.15, 0.2) is 48.5 Å². The number of ether oxygens (including phenoxy) is 1. The monoisotopic (exact) mass is 330 g/mol. The van der Waals surface area contributed by atoms with E-state index in [1.54, 1.807) is 19.2 Å². The Hall–Kier alpha value is -2.89. The summed E-state index contributed by atoms with van der Waals surface area (Å²) in [6, 6.07) is 13.0. The summed E-state index contributed by atoms with van der Waals surface area (Å²) in [5.74, 6) is -0.362. The molecule has 0 aromatic heterocycles. The van der Waals surface area contributed by atoms with Crippen molar-refractivity contribution in [1.29, 1.82) is 0 Å². The molecule has 0 unspecified atom stereocenters. The van der Waals surface area contributed by atoms with Crippen LogP contribution >= 0.6 is 0 Å². The van der Waals surface area contributed by atoms with E-state index >= 15 is 0 Å². The van der Waals surface area contributed by atoms with E-state index in [1.165, 1.54) is 30.0 Å². The normalized spacial score (nSPS) is 10.1. The zero-order chi connectivity index (χ0) is 17.5. The van der Waals surface area contributed by atoms with Crippen molar-refractivity contribution in [1.82, 2.24) is 0 Å². The molecule has 0 saturated carbocycles. The van der Waals surface area contributed by atoms with Gasteiger partial charge in [-0.15, -0.1) is 0 Å². The number of nitrogens with one attached hydrogen (secondary N) is 1. The maximum Gasteiger partial charge on any atom is 0.227 e. The number of carbonyl (C=O) groups is 2. The third-order valence-corrected chi connectivity index (χ3v) is 3.41. The minimum absolute atomic E-state index is 0.106. The molecular weight excluding hydrogens is 311 g/mol. The third kappa shape index (κ3) is 4.81. The highest BCUT2D eigenvalue weighted by molar-refractivity contribution is 5.99. The number of benzene rings is 2. The summed E-state index contributed by atoms with van der Waals surface area (Å²) < 4.78 is 18.9. The molecule has 0 spiro atoms. The molecule has 0 atom stereocenters. The number of hydrogen-bond acceptors (Lipinski definition) is 3. The van der Waals surface area contributed by atoms with Gasteiger partial charge in [-0.05, 0) is 30.3 Å². The summed E-state index contributed by atoms with van der Waals surface area (Å²) in [6.07, 6.45) is 0.106. The third-order valence-electron chi connectivity index (χ3n) is 3.41. The van der Waals surface area contributed by atoms with E-state index in [9.17, 15) is 14.0 Å². The second-order valence-corrected chi connectivity index (χ2v) is 5.20. The molecule has 2 aromatic rings. The van der Waals surface area contributed by atoms with Gasteiger partial charge in [0.2, 0.25) is 11.8 Å². The molecular formula is C18H19FN2O3. The standard InChI is InChI=1S/C18H19FN2O3/c1-13(22)21(2)17-9-8-14(19)12-16(17)20-18(23)10-11-24-15-6-4-3-5-7-15/h3-9,12H,10-11H2,1-2H3,(H,20,23). The molecule has 2 amide bonds. The van der Waals surface area contributed by atoms with E-state index in [0.717, 1.165) is 0 Å². The fraction of sp³-hybridized carbons (Fsp3) is 0.222. The molecule has 0 fully saturated rings. The second-order valence-electron chi connectivity index (χ2n) is 5.20. The molecule has 6 heteroatoms. The lowest BCUT2D eigenvalue weighted by atomic mass is 10.2. The van der Waals surface area contributed by atoms with E-state index in [1.807, 2.05) is 18.2 Å². The SMILES string of the molecule is CC(=O)N(C)c1ccc(F)cc1NC(=O)CCOc1ccccc1. The van der Waals surface area contributed by atoms with Gasteiger partial charge in [0, 0.05) is 14.0 Å². The number of amides is 2. The Kier molecular flexibility index (Phi) is 5.89. The number of nitrogens with zero attached hydrogens (tertiary/aromatic N) is 1. The van der Waals surface area contributed by atoms with Gasteiger partial charge in [-0.3, -0.25) is 9.59 Å². The first-order valence-electron chi connectivity index (χ1n) is 7.49. The minimum atomic E-state index is -0.494. The van der Waals surface area contributed by atoms with Crippen molar-refractivity contribution in [3.05, 3.63) is 54.3 Å². The Bertz CT molecular complexity index is 719. The highest BCUT2D eigenvalue weighted by Gasteiger charge is 2.14. The predicted octanol–water partition coefficient (Wildman–Crippen LogP) is 3.22. The Balaban J connectivity index is 1.98. The molecule has 1 N–H and O–H groups in total. The summed E-state index contributed by atoms with van der Waals surface area (Å²) in [7, 11) is 1.56. The fourth-order valence-corrected chi connectivity index (χ4v) is 2.06. The van der Waals surface area contributed by atoms with Gasteiger partial charge in [0.25, 0.3) is 0 Å². The molecule has 0 heterocycles. The molecule has 5 nitrogen and oxygen atoms in total. The number of para-hydroxylation sites is 1. The van der Waals surface area contributed by atoms with Crippen molar-refractivity contribution < 1.29 is 18.7 Å². The maximum absolute atomic E-state index is 13.5. The highest BCUT2D eigenvalue weighted by atomic mass is 19.1. The smallest absolute Gasteiger partial charge is 0.227 e. The first-order valence-corrected chi connectivity index (χ1v) is 7.49. The van der Waals surface area contributed by atoms with Crippen LogP contribution in [0.4, 0.5) is 15.8 Å². The average Bonchev–Trinajstić information content (AvgIpc) is 2.55. The van der Waals surface area contributed by atoms with E-state index in [2.05, 4.69) is 5.32 Å². The molecule has 0 bridgehead atoms. The van der Waals surface area contributed by atoms with Crippen molar-refractivity contribution in [2.75, 3.05) is 23.9 Å². The van der Waals surface area contributed by atoms with Crippen LogP contribution < -0.4 is 15.0 Å². The molecule has 2 aromatic carbocycles. The molecule has 2 rings (SSSR count). The van der Waals surface area contributed by atoms with Crippen molar-refractivity contribution in [3.8, 4) is 5.75 Å². The van der Waals surface area contributed by atoms with Crippen molar-refractivity contribution in [2.45, 2.75) is 13.3 Å². The van der Waals surface area contributed by atoms with Gasteiger partial charge in [0.15, 0.2) is 0 Å². The summed E-state index contributed by atoms with van der Waals surface area (Å²) in [5.41, 5.74) is 0.679. The molecule has 0 aliphatic carbocycles. The van der Waals surface area contributed by atoms with Crippen molar-refractivity contribution in [3.63, 3.8) is 0 Å². The van der Waals surface area contributed by atoms with Crippen LogP contribution in [-0.2, 0) is 9.59 Å². The number of rotatable bonds is 6. The van der Waals surface area contributed by atoms with E-state index in [4.69, 9.17) is 4.74 Å². The van der Waals surface area contributed by atoms with Crippen LogP contribution in [0.2, 0.25) is 0 Å². The van der Waals surface area contributed by atoms with Crippen LogP contribution in [0.25, 0.3) is 0 Å². The predicted molar refractivity (Wildman–Crippen MR) is 90.7 cm³/mol. The number of carbonyl (C=O) groups excluding carboxylic acids is 2. The second kappa shape index (κ2) is 8.10. The summed E-state index contributed by atoms with van der Waals surface area (Å²) >= 11 is 0. The number of anilines is 2.